The fourth-order valence-corrected chi connectivity index (χ4v) is 2.68. The van der Waals surface area contributed by atoms with Crippen LogP contribution < -0.4 is 5.32 Å². The molecule has 2 rings (SSSR count). The smallest absolute Gasteiger partial charge is 0.306 e. The van der Waals surface area contributed by atoms with Crippen molar-refractivity contribution in [3.63, 3.8) is 0 Å². The quantitative estimate of drug-likeness (QED) is 0.890. The summed E-state index contributed by atoms with van der Waals surface area (Å²) >= 11 is 0. The first-order chi connectivity index (χ1) is 9.49. The number of aliphatic carboxylic acids is 1. The fraction of sp³-hybridized carbons (Fsp3) is 0.467. The van der Waals surface area contributed by atoms with Crippen LogP contribution in [0.4, 0.5) is 4.39 Å². The molecule has 0 aromatic heterocycles. The third-order valence-electron chi connectivity index (χ3n) is 3.88. The summed E-state index contributed by atoms with van der Waals surface area (Å²) < 4.78 is 13.6. The summed E-state index contributed by atoms with van der Waals surface area (Å²) in [5, 5.41) is 11.7. The Labute approximate surface area is 117 Å². The van der Waals surface area contributed by atoms with Gasteiger partial charge < -0.3 is 10.4 Å². The number of carbonyl (C=O) groups excluding carboxylic acids is 1. The van der Waals surface area contributed by atoms with Crippen molar-refractivity contribution in [3.05, 3.63) is 35.6 Å². The average Bonchev–Trinajstić information content (AvgIpc) is 2.88. The molecule has 0 aliphatic heterocycles. The number of amides is 1. The van der Waals surface area contributed by atoms with Crippen molar-refractivity contribution < 1.29 is 19.1 Å². The first-order valence-electron chi connectivity index (χ1n) is 6.76. The monoisotopic (exact) mass is 279 g/mol. The zero-order chi connectivity index (χ0) is 14.7. The van der Waals surface area contributed by atoms with Crippen LogP contribution in [-0.2, 0) is 9.59 Å². The Hall–Kier alpha value is -1.91. The molecule has 0 spiro atoms. The molecule has 1 aliphatic carbocycles. The van der Waals surface area contributed by atoms with Crippen molar-refractivity contribution in [1.82, 2.24) is 5.32 Å². The molecule has 1 aromatic carbocycles. The van der Waals surface area contributed by atoms with Gasteiger partial charge in [0.25, 0.3) is 0 Å². The van der Waals surface area contributed by atoms with E-state index in [4.69, 9.17) is 5.11 Å². The van der Waals surface area contributed by atoms with Crippen LogP contribution in [0.15, 0.2) is 24.3 Å². The minimum Gasteiger partial charge on any atom is -0.481 e. The van der Waals surface area contributed by atoms with Crippen molar-refractivity contribution >= 4 is 11.9 Å². The van der Waals surface area contributed by atoms with Crippen molar-refractivity contribution in [1.29, 1.82) is 0 Å². The van der Waals surface area contributed by atoms with Crippen LogP contribution in [-0.4, -0.2) is 17.0 Å². The molecule has 108 valence electrons. The van der Waals surface area contributed by atoms with Gasteiger partial charge in [-0.1, -0.05) is 18.2 Å². The van der Waals surface area contributed by atoms with E-state index in [1.54, 1.807) is 25.1 Å². The van der Waals surface area contributed by atoms with Crippen LogP contribution in [0.25, 0.3) is 0 Å². The highest BCUT2D eigenvalue weighted by molar-refractivity contribution is 5.81. The van der Waals surface area contributed by atoms with Crippen molar-refractivity contribution in [2.24, 2.45) is 11.8 Å². The third-order valence-corrected chi connectivity index (χ3v) is 3.88. The summed E-state index contributed by atoms with van der Waals surface area (Å²) in [7, 11) is 0. The van der Waals surface area contributed by atoms with Crippen molar-refractivity contribution in [2.75, 3.05) is 0 Å². The molecular weight excluding hydrogens is 261 g/mol. The summed E-state index contributed by atoms with van der Waals surface area (Å²) in [6.07, 6.45) is 1.47. The van der Waals surface area contributed by atoms with Gasteiger partial charge in [-0.25, -0.2) is 4.39 Å². The highest BCUT2D eigenvalue weighted by Gasteiger charge is 2.34. The van der Waals surface area contributed by atoms with Gasteiger partial charge in [-0.3, -0.25) is 9.59 Å². The minimum atomic E-state index is -0.845. The van der Waals surface area contributed by atoms with Crippen LogP contribution >= 0.6 is 0 Å². The fourth-order valence-electron chi connectivity index (χ4n) is 2.68. The van der Waals surface area contributed by atoms with Gasteiger partial charge in [-0.05, 0) is 32.3 Å². The number of rotatable bonds is 4. The summed E-state index contributed by atoms with van der Waals surface area (Å²) in [4.78, 5) is 23.0. The Balaban J connectivity index is 1.95. The normalized spacial score (nSPS) is 23.3. The van der Waals surface area contributed by atoms with Crippen LogP contribution in [0.3, 0.4) is 0 Å². The van der Waals surface area contributed by atoms with E-state index in [0.717, 1.165) is 0 Å². The van der Waals surface area contributed by atoms with Gasteiger partial charge >= 0.3 is 5.97 Å². The van der Waals surface area contributed by atoms with Gasteiger partial charge in [0, 0.05) is 11.5 Å². The van der Waals surface area contributed by atoms with Crippen molar-refractivity contribution in [3.8, 4) is 0 Å². The average molecular weight is 279 g/mol. The van der Waals surface area contributed by atoms with Crippen LogP contribution in [0.2, 0.25) is 0 Å². The Morgan fingerprint density at radius 2 is 1.95 bits per heavy atom. The lowest BCUT2D eigenvalue weighted by Crippen LogP contribution is -2.32. The first kappa shape index (κ1) is 14.5. The predicted molar refractivity (Wildman–Crippen MR) is 71.4 cm³/mol. The minimum absolute atomic E-state index is 0.190. The largest absolute Gasteiger partial charge is 0.481 e. The van der Waals surface area contributed by atoms with Crippen LogP contribution in [0.5, 0.6) is 0 Å². The number of nitrogens with one attached hydrogen (secondary N) is 1. The third kappa shape index (κ3) is 3.15. The molecule has 1 fully saturated rings. The number of carbonyl (C=O) groups is 2. The summed E-state index contributed by atoms with van der Waals surface area (Å²) in [6.45, 7) is 1.72. The molecule has 0 unspecified atom stereocenters. The second-order valence-corrected chi connectivity index (χ2v) is 5.30. The molecule has 2 N–H and O–H groups in total. The number of carboxylic acid groups (broad SMARTS) is 1. The summed E-state index contributed by atoms with van der Waals surface area (Å²) in [5.74, 6) is -2.11. The van der Waals surface area contributed by atoms with Gasteiger partial charge in [-0.15, -0.1) is 0 Å². The highest BCUT2D eigenvalue weighted by Crippen LogP contribution is 2.31. The zero-order valence-corrected chi connectivity index (χ0v) is 11.3. The molecule has 20 heavy (non-hydrogen) atoms. The van der Waals surface area contributed by atoms with E-state index < -0.39 is 17.9 Å². The Bertz CT molecular complexity index is 518. The standard InChI is InChI=1S/C15H18FNO3/c1-9(12-4-2-3-5-13(12)16)17-14(18)10-6-7-11(8-10)15(19)20/h2-5,9-11H,6-8H2,1H3,(H,17,18)(H,19,20)/t9-,10+,11-/m0/s1. The number of hydrogen-bond donors (Lipinski definition) is 2. The maximum atomic E-state index is 13.6. The Kier molecular flexibility index (Phi) is 4.37. The summed E-state index contributed by atoms with van der Waals surface area (Å²) in [5.41, 5.74) is 0.439. The molecular formula is C15H18FNO3. The molecule has 1 aromatic rings. The number of halogens is 1. The molecule has 1 saturated carbocycles. The number of hydrogen-bond acceptors (Lipinski definition) is 2. The topological polar surface area (TPSA) is 66.4 Å². The van der Waals surface area contributed by atoms with Crippen LogP contribution in [0.1, 0.15) is 37.8 Å². The molecule has 0 heterocycles. The lowest BCUT2D eigenvalue weighted by atomic mass is 10.0. The predicted octanol–water partition coefficient (Wildman–Crippen LogP) is 2.50. The van der Waals surface area contributed by atoms with E-state index in [9.17, 15) is 14.0 Å². The van der Waals surface area contributed by atoms with Crippen molar-refractivity contribution in [2.45, 2.75) is 32.2 Å². The lowest BCUT2D eigenvalue weighted by Gasteiger charge is -2.18. The van der Waals surface area contributed by atoms with E-state index >= 15 is 0 Å². The second-order valence-electron chi connectivity index (χ2n) is 5.30. The molecule has 1 amide bonds. The highest BCUT2D eigenvalue weighted by atomic mass is 19.1. The van der Waals surface area contributed by atoms with E-state index in [1.165, 1.54) is 6.07 Å². The molecule has 0 radical (unpaired) electrons. The molecule has 0 saturated heterocycles. The van der Waals surface area contributed by atoms with E-state index in [-0.39, 0.29) is 17.6 Å². The maximum Gasteiger partial charge on any atom is 0.306 e. The van der Waals surface area contributed by atoms with Gasteiger partial charge in [0.1, 0.15) is 5.82 Å². The SMILES string of the molecule is C[C@H](NC(=O)[C@@H]1CC[C@H](C(=O)O)C1)c1ccccc1F. The molecule has 0 bridgehead atoms. The number of benzene rings is 1. The molecule has 3 atom stereocenters. The maximum absolute atomic E-state index is 13.6. The Morgan fingerprint density at radius 3 is 2.55 bits per heavy atom. The number of carboxylic acids is 1. The second kappa shape index (κ2) is 6.03. The lowest BCUT2D eigenvalue weighted by molar-refractivity contribution is -0.141. The van der Waals surface area contributed by atoms with E-state index in [0.29, 0.717) is 24.8 Å². The van der Waals surface area contributed by atoms with E-state index in [2.05, 4.69) is 5.32 Å². The van der Waals surface area contributed by atoms with Crippen LogP contribution in [0, 0.1) is 17.7 Å². The van der Waals surface area contributed by atoms with E-state index in [1.807, 2.05) is 0 Å². The first-order valence-corrected chi connectivity index (χ1v) is 6.76. The zero-order valence-electron chi connectivity index (χ0n) is 11.3. The molecule has 4 nitrogen and oxygen atoms in total. The summed E-state index contributed by atoms with van der Waals surface area (Å²) in [6, 6.07) is 5.88. The van der Waals surface area contributed by atoms with Gasteiger partial charge in [0.15, 0.2) is 0 Å². The van der Waals surface area contributed by atoms with Gasteiger partial charge in [-0.2, -0.15) is 0 Å². The van der Waals surface area contributed by atoms with Gasteiger partial charge in [0.05, 0.1) is 12.0 Å². The van der Waals surface area contributed by atoms with Gasteiger partial charge in [0.2, 0.25) is 5.91 Å². The Morgan fingerprint density at radius 1 is 1.30 bits per heavy atom. The molecule has 1 aliphatic rings. The molecule has 5 heteroatoms.